The second-order valence-corrected chi connectivity index (χ2v) is 5.94. The number of para-hydroxylation sites is 1. The predicted octanol–water partition coefficient (Wildman–Crippen LogP) is 4.69. The van der Waals surface area contributed by atoms with Crippen molar-refractivity contribution in [3.05, 3.63) is 78.4 Å². The van der Waals surface area contributed by atoms with Crippen LogP contribution < -0.4 is 20.1 Å². The first-order valence-corrected chi connectivity index (χ1v) is 8.61. The van der Waals surface area contributed by atoms with E-state index < -0.39 is 0 Å². The predicted molar refractivity (Wildman–Crippen MR) is 107 cm³/mol. The molecule has 3 rings (SSSR count). The fraction of sp³-hybridized carbons (Fsp3) is 0.136. The molecule has 0 saturated carbocycles. The smallest absolute Gasteiger partial charge is 0.319 e. The van der Waals surface area contributed by atoms with Gasteiger partial charge in [0.2, 0.25) is 0 Å². The molecule has 0 spiro atoms. The molecule has 2 N–H and O–H groups in total. The zero-order valence-corrected chi connectivity index (χ0v) is 15.4. The Morgan fingerprint density at radius 2 is 1.48 bits per heavy atom. The maximum atomic E-state index is 12.4. The highest BCUT2D eigenvalue weighted by molar-refractivity contribution is 5.94. The Kier molecular flexibility index (Phi) is 5.94. The fourth-order valence-corrected chi connectivity index (χ4v) is 2.78. The lowest BCUT2D eigenvalue weighted by Crippen LogP contribution is -2.28. The van der Waals surface area contributed by atoms with Crippen molar-refractivity contribution in [3.8, 4) is 22.6 Å². The minimum Gasteiger partial charge on any atom is -0.497 e. The van der Waals surface area contributed by atoms with Gasteiger partial charge in [-0.3, -0.25) is 0 Å². The molecule has 0 bridgehead atoms. The lowest BCUT2D eigenvalue weighted by Gasteiger charge is -2.13. The van der Waals surface area contributed by atoms with E-state index in [0.717, 1.165) is 22.4 Å². The number of nitrogens with one attached hydrogen (secondary N) is 2. The molecule has 0 atom stereocenters. The number of carbonyl (C=O) groups excluding carboxylic acids is 1. The minimum absolute atomic E-state index is 0.278. The van der Waals surface area contributed by atoms with Crippen molar-refractivity contribution in [2.75, 3.05) is 19.5 Å². The van der Waals surface area contributed by atoms with Gasteiger partial charge in [-0.25, -0.2) is 4.79 Å². The van der Waals surface area contributed by atoms with Crippen LogP contribution in [-0.4, -0.2) is 20.3 Å². The molecule has 5 nitrogen and oxygen atoms in total. The van der Waals surface area contributed by atoms with Crippen molar-refractivity contribution < 1.29 is 14.3 Å². The second-order valence-electron chi connectivity index (χ2n) is 5.94. The first kappa shape index (κ1) is 18.3. The summed E-state index contributed by atoms with van der Waals surface area (Å²) in [6.45, 7) is 0.354. The summed E-state index contributed by atoms with van der Waals surface area (Å²) in [5, 5.41) is 5.79. The highest BCUT2D eigenvalue weighted by Crippen LogP contribution is 2.27. The average molecular weight is 362 g/mol. The molecule has 3 aromatic carbocycles. The van der Waals surface area contributed by atoms with Crippen LogP contribution in [0.2, 0.25) is 0 Å². The van der Waals surface area contributed by atoms with Crippen LogP contribution in [0.4, 0.5) is 10.5 Å². The van der Waals surface area contributed by atoms with Crippen molar-refractivity contribution in [2.24, 2.45) is 0 Å². The van der Waals surface area contributed by atoms with Gasteiger partial charge in [-0.1, -0.05) is 48.5 Å². The van der Waals surface area contributed by atoms with Gasteiger partial charge in [-0.15, -0.1) is 0 Å². The number of rotatable bonds is 6. The Balaban J connectivity index is 1.69. The van der Waals surface area contributed by atoms with Crippen molar-refractivity contribution in [1.82, 2.24) is 5.32 Å². The number of anilines is 1. The molecule has 3 aromatic rings. The van der Waals surface area contributed by atoms with Gasteiger partial charge < -0.3 is 20.1 Å². The van der Waals surface area contributed by atoms with Crippen LogP contribution in [0.1, 0.15) is 5.56 Å². The van der Waals surface area contributed by atoms with E-state index in [4.69, 9.17) is 9.47 Å². The molecule has 0 radical (unpaired) electrons. The van der Waals surface area contributed by atoms with Crippen LogP contribution in [-0.2, 0) is 6.54 Å². The van der Waals surface area contributed by atoms with Crippen LogP contribution in [0.3, 0.4) is 0 Å². The molecular formula is C22H22N2O3. The second kappa shape index (κ2) is 8.76. The molecular weight excluding hydrogens is 340 g/mol. The third kappa shape index (κ3) is 4.79. The number of amides is 2. The normalized spacial score (nSPS) is 10.1. The quantitative estimate of drug-likeness (QED) is 0.669. The molecule has 27 heavy (non-hydrogen) atoms. The Labute approximate surface area is 158 Å². The average Bonchev–Trinajstić information content (AvgIpc) is 2.73. The molecule has 0 aliphatic rings. The summed E-state index contributed by atoms with van der Waals surface area (Å²) in [6, 6.07) is 22.9. The highest BCUT2D eigenvalue weighted by Gasteiger charge is 2.09. The SMILES string of the molecule is COc1cc(CNC(=O)Nc2ccccc2-c2ccccc2)cc(OC)c1. The third-order valence-electron chi connectivity index (χ3n) is 4.12. The topological polar surface area (TPSA) is 59.6 Å². The van der Waals surface area contributed by atoms with E-state index in [2.05, 4.69) is 10.6 Å². The Bertz CT molecular complexity index is 888. The van der Waals surface area contributed by atoms with E-state index in [1.807, 2.05) is 66.7 Å². The van der Waals surface area contributed by atoms with E-state index >= 15 is 0 Å². The molecule has 5 heteroatoms. The van der Waals surface area contributed by atoms with Gasteiger partial charge in [0, 0.05) is 18.2 Å². The summed E-state index contributed by atoms with van der Waals surface area (Å²) in [7, 11) is 3.19. The Hall–Kier alpha value is -3.47. The number of carbonyl (C=O) groups is 1. The van der Waals surface area contributed by atoms with E-state index in [-0.39, 0.29) is 6.03 Å². The van der Waals surface area contributed by atoms with Gasteiger partial charge in [0.15, 0.2) is 0 Å². The van der Waals surface area contributed by atoms with Gasteiger partial charge in [0.25, 0.3) is 0 Å². The van der Waals surface area contributed by atoms with E-state index in [1.165, 1.54) is 0 Å². The third-order valence-corrected chi connectivity index (χ3v) is 4.12. The number of urea groups is 1. The number of ether oxygens (including phenoxy) is 2. The largest absolute Gasteiger partial charge is 0.497 e. The zero-order valence-electron chi connectivity index (χ0n) is 15.4. The summed E-state index contributed by atoms with van der Waals surface area (Å²) in [5.41, 5.74) is 3.66. The molecule has 2 amide bonds. The molecule has 138 valence electrons. The van der Waals surface area contributed by atoms with E-state index in [9.17, 15) is 4.79 Å². The molecule has 0 saturated heterocycles. The highest BCUT2D eigenvalue weighted by atomic mass is 16.5. The van der Waals surface area contributed by atoms with E-state index in [0.29, 0.717) is 18.0 Å². The Morgan fingerprint density at radius 1 is 0.852 bits per heavy atom. The van der Waals surface area contributed by atoms with Crippen LogP contribution in [0.15, 0.2) is 72.8 Å². The van der Waals surface area contributed by atoms with Gasteiger partial charge in [-0.2, -0.15) is 0 Å². The van der Waals surface area contributed by atoms with E-state index in [1.54, 1.807) is 20.3 Å². The maximum Gasteiger partial charge on any atom is 0.319 e. The summed E-state index contributed by atoms with van der Waals surface area (Å²) in [5.74, 6) is 1.36. The monoisotopic (exact) mass is 362 g/mol. The molecule has 0 aromatic heterocycles. The fourth-order valence-electron chi connectivity index (χ4n) is 2.78. The minimum atomic E-state index is -0.278. The van der Waals surface area contributed by atoms with Crippen LogP contribution >= 0.6 is 0 Å². The standard InChI is InChI=1S/C22H22N2O3/c1-26-18-12-16(13-19(14-18)27-2)15-23-22(25)24-21-11-7-6-10-20(21)17-8-4-3-5-9-17/h3-14H,15H2,1-2H3,(H2,23,24,25). The van der Waals surface area contributed by atoms with Gasteiger partial charge in [-0.05, 0) is 29.3 Å². The van der Waals surface area contributed by atoms with Crippen LogP contribution in [0.5, 0.6) is 11.5 Å². The van der Waals surface area contributed by atoms with Crippen molar-refractivity contribution in [2.45, 2.75) is 6.54 Å². The van der Waals surface area contributed by atoms with Crippen LogP contribution in [0.25, 0.3) is 11.1 Å². The van der Waals surface area contributed by atoms with Crippen molar-refractivity contribution >= 4 is 11.7 Å². The summed E-state index contributed by atoms with van der Waals surface area (Å²) >= 11 is 0. The number of benzene rings is 3. The van der Waals surface area contributed by atoms with Gasteiger partial charge in [0.1, 0.15) is 11.5 Å². The zero-order chi connectivity index (χ0) is 19.1. The number of methoxy groups -OCH3 is 2. The Morgan fingerprint density at radius 3 is 2.15 bits per heavy atom. The van der Waals surface area contributed by atoms with Gasteiger partial charge >= 0.3 is 6.03 Å². The summed E-state index contributed by atoms with van der Waals surface area (Å²) in [6.07, 6.45) is 0. The maximum absolute atomic E-state index is 12.4. The number of hydrogen-bond acceptors (Lipinski definition) is 3. The number of hydrogen-bond donors (Lipinski definition) is 2. The van der Waals surface area contributed by atoms with Crippen molar-refractivity contribution in [3.63, 3.8) is 0 Å². The summed E-state index contributed by atoms with van der Waals surface area (Å²) in [4.78, 5) is 12.4. The van der Waals surface area contributed by atoms with Crippen molar-refractivity contribution in [1.29, 1.82) is 0 Å². The first-order chi connectivity index (χ1) is 13.2. The van der Waals surface area contributed by atoms with Gasteiger partial charge in [0.05, 0.1) is 19.9 Å². The molecule has 0 aliphatic heterocycles. The molecule has 0 unspecified atom stereocenters. The lowest BCUT2D eigenvalue weighted by molar-refractivity contribution is 0.251. The molecule has 0 heterocycles. The first-order valence-electron chi connectivity index (χ1n) is 8.61. The molecule has 0 fully saturated rings. The summed E-state index contributed by atoms with van der Waals surface area (Å²) < 4.78 is 10.5. The van der Waals surface area contributed by atoms with Crippen LogP contribution in [0, 0.1) is 0 Å². The molecule has 0 aliphatic carbocycles. The lowest BCUT2D eigenvalue weighted by atomic mass is 10.0.